The zero-order chi connectivity index (χ0) is 35.2. The largest absolute Gasteiger partial charge is 0.462 e. The van der Waals surface area contributed by atoms with Crippen molar-refractivity contribution in [3.63, 3.8) is 0 Å². The SMILES string of the molecule is CC/C=C\C/C=C\C/C=C\C/C=C\C/C=C\CC(=O)OCC(COC(=O)CCCCCCC)OC(=O)CCCCCCC/C=C\CCC. The number of carbonyl (C=O) groups excluding carboxylic acids is 3. The van der Waals surface area contributed by atoms with Gasteiger partial charge in [0.1, 0.15) is 13.2 Å². The second kappa shape index (κ2) is 36.7. The molecule has 0 aromatic carbocycles. The van der Waals surface area contributed by atoms with Crippen molar-refractivity contribution in [2.45, 2.75) is 162 Å². The third-order valence-electron chi connectivity index (χ3n) is 7.46. The van der Waals surface area contributed by atoms with Gasteiger partial charge in [-0.1, -0.05) is 145 Å². The van der Waals surface area contributed by atoms with Crippen LogP contribution in [-0.4, -0.2) is 37.2 Å². The predicted molar refractivity (Wildman–Crippen MR) is 201 cm³/mol. The molecule has 1 atom stereocenters. The van der Waals surface area contributed by atoms with Crippen LogP contribution in [0.3, 0.4) is 0 Å². The lowest BCUT2D eigenvalue weighted by Crippen LogP contribution is -2.30. The van der Waals surface area contributed by atoms with Crippen LogP contribution >= 0.6 is 0 Å². The third kappa shape index (κ3) is 34.2. The smallest absolute Gasteiger partial charge is 0.309 e. The van der Waals surface area contributed by atoms with E-state index < -0.39 is 12.1 Å². The van der Waals surface area contributed by atoms with Crippen LogP contribution in [0.25, 0.3) is 0 Å². The number of unbranched alkanes of at least 4 members (excludes halogenated alkanes) is 10. The van der Waals surface area contributed by atoms with Gasteiger partial charge in [-0.3, -0.25) is 14.4 Å². The van der Waals surface area contributed by atoms with E-state index in [1.807, 2.05) is 6.08 Å². The standard InChI is InChI=1S/C42H68O6/c1-4-7-10-13-15-17-19-20-21-22-23-25-26-29-32-35-41(44)47-38-39(37-46-40(43)34-31-28-12-9-6-3)48-42(45)36-33-30-27-24-18-16-14-11-8-5-2/h7,10-11,14-15,17,20-21,23,25,29,32,39H,4-6,8-9,12-13,16,18-19,22,24,26-28,30-31,33-38H2,1-3H3/b10-7-,14-11-,17-15-,21-20-,25-23-,32-29-. The minimum Gasteiger partial charge on any atom is -0.462 e. The molecule has 0 radical (unpaired) electrons. The maximum Gasteiger partial charge on any atom is 0.309 e. The minimum absolute atomic E-state index is 0.111. The van der Waals surface area contributed by atoms with E-state index in [1.54, 1.807) is 6.08 Å². The van der Waals surface area contributed by atoms with Gasteiger partial charge in [0.2, 0.25) is 0 Å². The van der Waals surface area contributed by atoms with Crippen LogP contribution in [0.5, 0.6) is 0 Å². The summed E-state index contributed by atoms with van der Waals surface area (Å²) in [7, 11) is 0. The normalized spacial score (nSPS) is 12.8. The van der Waals surface area contributed by atoms with Gasteiger partial charge in [0, 0.05) is 12.8 Å². The Morgan fingerprint density at radius 3 is 1.52 bits per heavy atom. The maximum absolute atomic E-state index is 12.5. The number of hydrogen-bond acceptors (Lipinski definition) is 6. The van der Waals surface area contributed by atoms with Crippen LogP contribution in [0, 0.1) is 0 Å². The topological polar surface area (TPSA) is 78.9 Å². The first-order chi connectivity index (χ1) is 23.5. The van der Waals surface area contributed by atoms with Gasteiger partial charge in [-0.15, -0.1) is 0 Å². The number of allylic oxidation sites excluding steroid dienone is 11. The summed E-state index contributed by atoms with van der Waals surface area (Å²) in [5, 5.41) is 0. The summed E-state index contributed by atoms with van der Waals surface area (Å²) in [6.07, 6.45) is 43.7. The molecule has 0 bridgehead atoms. The first kappa shape index (κ1) is 44.9. The second-order valence-electron chi connectivity index (χ2n) is 12.1. The lowest BCUT2D eigenvalue weighted by molar-refractivity contribution is -0.166. The molecule has 48 heavy (non-hydrogen) atoms. The van der Waals surface area contributed by atoms with Crippen molar-refractivity contribution < 1.29 is 28.6 Å². The molecule has 0 saturated carbocycles. The Hall–Kier alpha value is -3.15. The van der Waals surface area contributed by atoms with Crippen LogP contribution in [0.15, 0.2) is 72.9 Å². The van der Waals surface area contributed by atoms with Gasteiger partial charge in [-0.2, -0.15) is 0 Å². The predicted octanol–water partition coefficient (Wildman–Crippen LogP) is 11.6. The van der Waals surface area contributed by atoms with Crippen molar-refractivity contribution in [2.75, 3.05) is 13.2 Å². The van der Waals surface area contributed by atoms with E-state index in [2.05, 4.69) is 81.5 Å². The number of esters is 3. The van der Waals surface area contributed by atoms with Gasteiger partial charge in [0.05, 0.1) is 6.42 Å². The van der Waals surface area contributed by atoms with Gasteiger partial charge in [-0.25, -0.2) is 0 Å². The molecular formula is C42H68O6. The number of ether oxygens (including phenoxy) is 3. The van der Waals surface area contributed by atoms with Crippen LogP contribution in [0.2, 0.25) is 0 Å². The molecule has 6 heteroatoms. The van der Waals surface area contributed by atoms with Crippen LogP contribution in [-0.2, 0) is 28.6 Å². The van der Waals surface area contributed by atoms with Gasteiger partial charge in [-0.05, 0) is 64.2 Å². The maximum atomic E-state index is 12.5. The Morgan fingerprint density at radius 1 is 0.458 bits per heavy atom. The second-order valence-corrected chi connectivity index (χ2v) is 12.1. The first-order valence-corrected chi connectivity index (χ1v) is 18.9. The Balaban J connectivity index is 4.46. The number of rotatable bonds is 32. The molecule has 0 spiro atoms. The van der Waals surface area contributed by atoms with Gasteiger partial charge >= 0.3 is 17.9 Å². The number of hydrogen-bond donors (Lipinski definition) is 0. The molecule has 0 aliphatic carbocycles. The molecule has 0 aromatic rings. The molecule has 0 fully saturated rings. The Labute approximate surface area is 293 Å². The van der Waals surface area contributed by atoms with E-state index in [-0.39, 0.29) is 31.6 Å². The molecule has 0 aromatic heterocycles. The van der Waals surface area contributed by atoms with Crippen molar-refractivity contribution in [3.05, 3.63) is 72.9 Å². The summed E-state index contributed by atoms with van der Waals surface area (Å²) in [4.78, 5) is 37.1. The first-order valence-electron chi connectivity index (χ1n) is 18.9. The summed E-state index contributed by atoms with van der Waals surface area (Å²) < 4.78 is 16.4. The number of carbonyl (C=O) groups is 3. The van der Waals surface area contributed by atoms with E-state index >= 15 is 0 Å². The Morgan fingerprint density at radius 2 is 0.938 bits per heavy atom. The summed E-state index contributed by atoms with van der Waals surface area (Å²) in [5.41, 5.74) is 0. The average molecular weight is 669 g/mol. The Kier molecular flexibility index (Phi) is 34.3. The highest BCUT2D eigenvalue weighted by Crippen LogP contribution is 2.11. The van der Waals surface area contributed by atoms with Crippen molar-refractivity contribution in [1.29, 1.82) is 0 Å². The fourth-order valence-electron chi connectivity index (χ4n) is 4.63. The van der Waals surface area contributed by atoms with E-state index in [1.165, 1.54) is 12.8 Å². The highest BCUT2D eigenvalue weighted by atomic mass is 16.6. The van der Waals surface area contributed by atoms with Crippen LogP contribution in [0.4, 0.5) is 0 Å². The van der Waals surface area contributed by atoms with E-state index in [4.69, 9.17) is 14.2 Å². The zero-order valence-electron chi connectivity index (χ0n) is 30.7. The Bertz CT molecular complexity index is 955. The summed E-state index contributed by atoms with van der Waals surface area (Å²) in [5.74, 6) is -1.08. The quantitative estimate of drug-likeness (QED) is 0.0307. The summed E-state index contributed by atoms with van der Waals surface area (Å²) >= 11 is 0. The molecule has 0 amide bonds. The third-order valence-corrected chi connectivity index (χ3v) is 7.46. The monoisotopic (exact) mass is 669 g/mol. The molecule has 1 unspecified atom stereocenters. The molecule has 0 rings (SSSR count). The molecule has 0 saturated heterocycles. The fourth-order valence-corrected chi connectivity index (χ4v) is 4.63. The summed E-state index contributed by atoms with van der Waals surface area (Å²) in [6, 6.07) is 0. The highest BCUT2D eigenvalue weighted by Gasteiger charge is 2.19. The lowest BCUT2D eigenvalue weighted by atomic mass is 10.1. The van der Waals surface area contributed by atoms with E-state index in [0.29, 0.717) is 12.8 Å². The molecule has 272 valence electrons. The molecule has 0 N–H and O–H groups in total. The molecule has 0 aliphatic heterocycles. The minimum atomic E-state index is -0.811. The molecular weight excluding hydrogens is 600 g/mol. The average Bonchev–Trinajstić information content (AvgIpc) is 3.08. The molecule has 0 aliphatic rings. The van der Waals surface area contributed by atoms with Crippen molar-refractivity contribution >= 4 is 17.9 Å². The molecule has 0 heterocycles. The van der Waals surface area contributed by atoms with E-state index in [0.717, 1.165) is 103 Å². The van der Waals surface area contributed by atoms with Gasteiger partial charge < -0.3 is 14.2 Å². The fraction of sp³-hybridized carbons (Fsp3) is 0.643. The highest BCUT2D eigenvalue weighted by molar-refractivity contribution is 5.72. The van der Waals surface area contributed by atoms with Crippen molar-refractivity contribution in [3.8, 4) is 0 Å². The van der Waals surface area contributed by atoms with Gasteiger partial charge in [0.15, 0.2) is 6.10 Å². The lowest BCUT2D eigenvalue weighted by Gasteiger charge is -2.18. The van der Waals surface area contributed by atoms with Gasteiger partial charge in [0.25, 0.3) is 0 Å². The van der Waals surface area contributed by atoms with Crippen molar-refractivity contribution in [2.24, 2.45) is 0 Å². The zero-order valence-corrected chi connectivity index (χ0v) is 30.7. The van der Waals surface area contributed by atoms with Crippen molar-refractivity contribution in [1.82, 2.24) is 0 Å². The molecule has 6 nitrogen and oxygen atoms in total. The van der Waals surface area contributed by atoms with Crippen LogP contribution < -0.4 is 0 Å². The van der Waals surface area contributed by atoms with Crippen LogP contribution in [0.1, 0.15) is 156 Å². The van der Waals surface area contributed by atoms with E-state index in [9.17, 15) is 14.4 Å². The summed E-state index contributed by atoms with van der Waals surface area (Å²) in [6.45, 7) is 6.23.